The van der Waals surface area contributed by atoms with Gasteiger partial charge in [0.05, 0.1) is 13.0 Å². The van der Waals surface area contributed by atoms with E-state index in [2.05, 4.69) is 5.32 Å². The zero-order valence-electron chi connectivity index (χ0n) is 12.0. The number of hydrogen-bond donors (Lipinski definition) is 2. The first-order valence-corrected chi connectivity index (χ1v) is 7.00. The van der Waals surface area contributed by atoms with E-state index < -0.39 is 12.0 Å². The number of ether oxygens (including phenoxy) is 1. The number of hydrogen-bond acceptors (Lipinski definition) is 4. The van der Waals surface area contributed by atoms with E-state index in [1.54, 1.807) is 0 Å². The molecular weight excluding hydrogens is 272 g/mol. The number of benzene rings is 1. The van der Waals surface area contributed by atoms with Crippen LogP contribution >= 0.6 is 0 Å². The number of aryl methyl sites for hydroxylation is 1. The average Bonchev–Trinajstić information content (AvgIpc) is 2.47. The van der Waals surface area contributed by atoms with Gasteiger partial charge >= 0.3 is 5.97 Å². The van der Waals surface area contributed by atoms with Gasteiger partial charge in [-0.1, -0.05) is 12.1 Å². The molecule has 6 heteroatoms. The molecule has 1 aromatic rings. The monoisotopic (exact) mass is 292 g/mol. The largest absolute Gasteiger partial charge is 0.493 e. The van der Waals surface area contributed by atoms with Gasteiger partial charge in [0.15, 0.2) is 0 Å². The quantitative estimate of drug-likeness (QED) is 0.833. The van der Waals surface area contributed by atoms with Crippen molar-refractivity contribution in [1.29, 1.82) is 0 Å². The molecule has 2 N–H and O–H groups in total. The van der Waals surface area contributed by atoms with Gasteiger partial charge in [-0.3, -0.25) is 4.79 Å². The van der Waals surface area contributed by atoms with Crippen LogP contribution in [0.15, 0.2) is 24.3 Å². The Bertz CT molecular complexity index is 518. The lowest BCUT2D eigenvalue weighted by Crippen LogP contribution is -2.57. The Morgan fingerprint density at radius 3 is 3.00 bits per heavy atom. The summed E-state index contributed by atoms with van der Waals surface area (Å²) in [5.41, 5.74) is 1.09. The Kier molecular flexibility index (Phi) is 5.16. The fourth-order valence-electron chi connectivity index (χ4n) is 2.33. The first kappa shape index (κ1) is 15.3. The molecule has 0 aliphatic carbocycles. The smallest absolute Gasteiger partial charge is 0.327 e. The van der Waals surface area contributed by atoms with Crippen LogP contribution in [0.25, 0.3) is 0 Å². The van der Waals surface area contributed by atoms with Crippen molar-refractivity contribution in [2.45, 2.75) is 19.4 Å². The van der Waals surface area contributed by atoms with Crippen molar-refractivity contribution in [2.75, 3.05) is 26.2 Å². The van der Waals surface area contributed by atoms with Crippen LogP contribution in [0.3, 0.4) is 0 Å². The molecule has 114 valence electrons. The van der Waals surface area contributed by atoms with Crippen LogP contribution < -0.4 is 10.1 Å². The summed E-state index contributed by atoms with van der Waals surface area (Å²) in [5, 5.41) is 12.1. The molecule has 0 aromatic heterocycles. The van der Waals surface area contributed by atoms with Crippen LogP contribution in [0.4, 0.5) is 0 Å². The van der Waals surface area contributed by atoms with Crippen LogP contribution in [-0.4, -0.2) is 54.2 Å². The highest BCUT2D eigenvalue weighted by Gasteiger charge is 2.31. The Morgan fingerprint density at radius 2 is 2.29 bits per heavy atom. The summed E-state index contributed by atoms with van der Waals surface area (Å²) in [5.74, 6) is -0.440. The van der Waals surface area contributed by atoms with Crippen molar-refractivity contribution in [3.8, 4) is 5.75 Å². The summed E-state index contributed by atoms with van der Waals surface area (Å²) < 4.78 is 5.53. The van der Waals surface area contributed by atoms with Crippen molar-refractivity contribution in [3.05, 3.63) is 29.8 Å². The highest BCUT2D eigenvalue weighted by molar-refractivity contribution is 5.84. The summed E-state index contributed by atoms with van der Waals surface area (Å²) in [4.78, 5) is 24.7. The van der Waals surface area contributed by atoms with Crippen molar-refractivity contribution in [2.24, 2.45) is 0 Å². The molecule has 1 amide bonds. The van der Waals surface area contributed by atoms with Crippen molar-refractivity contribution >= 4 is 11.9 Å². The Balaban J connectivity index is 1.84. The molecule has 2 rings (SSSR count). The van der Waals surface area contributed by atoms with E-state index in [0.29, 0.717) is 19.6 Å². The molecule has 0 saturated carbocycles. The van der Waals surface area contributed by atoms with Crippen molar-refractivity contribution in [3.63, 3.8) is 0 Å². The third kappa shape index (κ3) is 4.19. The molecule has 21 heavy (non-hydrogen) atoms. The van der Waals surface area contributed by atoms with Gasteiger partial charge < -0.3 is 20.1 Å². The van der Waals surface area contributed by atoms with E-state index in [1.165, 1.54) is 4.90 Å². The van der Waals surface area contributed by atoms with Gasteiger partial charge in [0.1, 0.15) is 11.8 Å². The SMILES string of the molecule is Cc1cccc(OCCC(=O)N2CCNCC2C(=O)O)c1. The van der Waals surface area contributed by atoms with Crippen LogP contribution in [0.1, 0.15) is 12.0 Å². The second kappa shape index (κ2) is 7.08. The number of nitrogens with one attached hydrogen (secondary N) is 1. The number of carboxylic acids is 1. The Labute approximate surface area is 123 Å². The van der Waals surface area contributed by atoms with Crippen molar-refractivity contribution in [1.82, 2.24) is 10.2 Å². The summed E-state index contributed by atoms with van der Waals surface area (Å²) >= 11 is 0. The Hall–Kier alpha value is -2.08. The summed E-state index contributed by atoms with van der Waals surface area (Å²) in [6.07, 6.45) is 0.178. The molecule has 0 spiro atoms. The molecule has 1 aromatic carbocycles. The second-order valence-electron chi connectivity index (χ2n) is 5.06. The average molecular weight is 292 g/mol. The van der Waals surface area contributed by atoms with Gasteiger partial charge in [0.25, 0.3) is 0 Å². The first-order chi connectivity index (χ1) is 10.1. The molecule has 0 radical (unpaired) electrons. The summed E-state index contributed by atoms with van der Waals surface area (Å²) in [6.45, 7) is 3.54. The topological polar surface area (TPSA) is 78.9 Å². The third-order valence-electron chi connectivity index (χ3n) is 3.42. The minimum Gasteiger partial charge on any atom is -0.493 e. The lowest BCUT2D eigenvalue weighted by molar-refractivity contribution is -0.151. The molecule has 1 heterocycles. The number of carbonyl (C=O) groups excluding carboxylic acids is 1. The fraction of sp³-hybridized carbons (Fsp3) is 0.467. The third-order valence-corrected chi connectivity index (χ3v) is 3.42. The maximum atomic E-state index is 12.1. The molecular formula is C15H20N2O4. The predicted molar refractivity (Wildman–Crippen MR) is 77.3 cm³/mol. The van der Waals surface area contributed by atoms with E-state index in [9.17, 15) is 9.59 Å². The van der Waals surface area contributed by atoms with E-state index in [1.807, 2.05) is 31.2 Å². The minimum atomic E-state index is -0.977. The zero-order chi connectivity index (χ0) is 15.2. The number of piperazine rings is 1. The van der Waals surface area contributed by atoms with Gasteiger partial charge in [-0.15, -0.1) is 0 Å². The minimum absolute atomic E-state index is 0.178. The van der Waals surface area contributed by atoms with Crippen LogP contribution in [0.2, 0.25) is 0 Å². The normalized spacial score (nSPS) is 18.3. The molecule has 1 fully saturated rings. The zero-order valence-corrected chi connectivity index (χ0v) is 12.0. The highest BCUT2D eigenvalue weighted by Crippen LogP contribution is 2.13. The van der Waals surface area contributed by atoms with Gasteiger partial charge in [0.2, 0.25) is 5.91 Å². The van der Waals surface area contributed by atoms with Crippen LogP contribution in [0.5, 0.6) is 5.75 Å². The number of carbonyl (C=O) groups is 2. The Morgan fingerprint density at radius 1 is 1.48 bits per heavy atom. The van der Waals surface area contributed by atoms with Gasteiger partial charge in [0, 0.05) is 19.6 Å². The lowest BCUT2D eigenvalue weighted by atomic mass is 10.2. The van der Waals surface area contributed by atoms with Crippen molar-refractivity contribution < 1.29 is 19.4 Å². The number of carboxylic acid groups (broad SMARTS) is 1. The lowest BCUT2D eigenvalue weighted by Gasteiger charge is -2.33. The molecule has 1 unspecified atom stereocenters. The molecule has 1 saturated heterocycles. The van der Waals surface area contributed by atoms with Gasteiger partial charge in [-0.05, 0) is 24.6 Å². The van der Waals surface area contributed by atoms with E-state index in [0.717, 1.165) is 11.3 Å². The molecule has 0 bridgehead atoms. The van der Waals surface area contributed by atoms with E-state index in [-0.39, 0.29) is 18.9 Å². The predicted octanol–water partition coefficient (Wildman–Crippen LogP) is 0.649. The van der Waals surface area contributed by atoms with Gasteiger partial charge in [-0.2, -0.15) is 0 Å². The summed E-state index contributed by atoms with van der Waals surface area (Å²) in [7, 11) is 0. The molecule has 1 aliphatic heterocycles. The second-order valence-corrected chi connectivity index (χ2v) is 5.06. The number of rotatable bonds is 5. The number of nitrogens with zero attached hydrogens (tertiary/aromatic N) is 1. The highest BCUT2D eigenvalue weighted by atomic mass is 16.5. The van der Waals surface area contributed by atoms with E-state index >= 15 is 0 Å². The van der Waals surface area contributed by atoms with Gasteiger partial charge in [-0.25, -0.2) is 4.79 Å². The standard InChI is InChI=1S/C15H20N2O4/c1-11-3-2-4-12(9-11)21-8-5-14(18)17-7-6-16-10-13(17)15(19)20/h2-4,9,13,16H,5-8,10H2,1H3,(H,19,20). The number of amides is 1. The number of aliphatic carboxylic acids is 1. The van der Waals surface area contributed by atoms with Crippen LogP contribution in [-0.2, 0) is 9.59 Å². The summed E-state index contributed by atoms with van der Waals surface area (Å²) in [6, 6.07) is 6.81. The maximum Gasteiger partial charge on any atom is 0.327 e. The van der Waals surface area contributed by atoms with Crippen LogP contribution in [0, 0.1) is 6.92 Å². The molecule has 6 nitrogen and oxygen atoms in total. The molecule has 1 aliphatic rings. The maximum absolute atomic E-state index is 12.1. The fourth-order valence-corrected chi connectivity index (χ4v) is 2.33. The molecule has 1 atom stereocenters. The van der Waals surface area contributed by atoms with E-state index in [4.69, 9.17) is 9.84 Å². The first-order valence-electron chi connectivity index (χ1n) is 7.00.